The van der Waals surface area contributed by atoms with E-state index in [1.807, 2.05) is 44.2 Å². The fourth-order valence-electron chi connectivity index (χ4n) is 5.03. The second-order valence-electron chi connectivity index (χ2n) is 10.3. The number of piperidine rings is 1. The van der Waals surface area contributed by atoms with Crippen molar-refractivity contribution in [2.45, 2.75) is 52.4 Å². The molecular weight excluding hydrogens is 512 g/mol. The van der Waals surface area contributed by atoms with E-state index >= 15 is 0 Å². The Kier molecular flexibility index (Phi) is 7.88. The quantitative estimate of drug-likeness (QED) is 0.522. The summed E-state index contributed by atoms with van der Waals surface area (Å²) in [5.41, 5.74) is 2.75. The lowest BCUT2D eigenvalue weighted by Gasteiger charge is -2.38. The number of fused-ring (bicyclic) bond motifs is 5. The van der Waals surface area contributed by atoms with E-state index < -0.39 is 6.04 Å². The molecule has 1 fully saturated rings. The molecule has 2 aliphatic heterocycles. The molecule has 10 heteroatoms. The second-order valence-corrected chi connectivity index (χ2v) is 10.3. The Balaban J connectivity index is 1.41. The second kappa shape index (κ2) is 11.5. The number of amides is 3. The van der Waals surface area contributed by atoms with Crippen LogP contribution < -0.4 is 10.1 Å². The van der Waals surface area contributed by atoms with Crippen molar-refractivity contribution in [3.05, 3.63) is 76.5 Å². The zero-order valence-electron chi connectivity index (χ0n) is 23.2. The van der Waals surface area contributed by atoms with Crippen molar-refractivity contribution in [3.8, 4) is 11.5 Å². The predicted molar refractivity (Wildman–Crippen MR) is 146 cm³/mol. The van der Waals surface area contributed by atoms with Crippen molar-refractivity contribution >= 4 is 17.7 Å². The number of hydrogen-bond donors (Lipinski definition) is 1. The van der Waals surface area contributed by atoms with E-state index in [1.54, 1.807) is 31.0 Å². The first-order chi connectivity index (χ1) is 19.2. The fourth-order valence-corrected chi connectivity index (χ4v) is 5.03. The Morgan fingerprint density at radius 2 is 1.98 bits per heavy atom. The molecule has 3 heterocycles. The molecule has 40 heavy (non-hydrogen) atoms. The summed E-state index contributed by atoms with van der Waals surface area (Å²) in [4.78, 5) is 47.0. The minimum Gasteiger partial charge on any atom is -0.457 e. The normalized spacial score (nSPS) is 20.0. The smallest absolute Gasteiger partial charge is 0.291 e. The van der Waals surface area contributed by atoms with Gasteiger partial charge in [-0.15, -0.1) is 0 Å². The molecule has 1 saturated heterocycles. The number of hydrogen-bond acceptors (Lipinski definition) is 7. The van der Waals surface area contributed by atoms with Crippen LogP contribution in [0.5, 0.6) is 11.5 Å². The van der Waals surface area contributed by atoms with E-state index in [2.05, 4.69) is 10.3 Å². The summed E-state index contributed by atoms with van der Waals surface area (Å²) in [6, 6.07) is 12.3. The largest absolute Gasteiger partial charge is 0.457 e. The Bertz CT molecular complexity index is 1430. The monoisotopic (exact) mass is 546 g/mol. The Morgan fingerprint density at radius 3 is 2.75 bits per heavy atom. The van der Waals surface area contributed by atoms with E-state index in [9.17, 15) is 14.4 Å². The molecule has 5 rings (SSSR count). The summed E-state index contributed by atoms with van der Waals surface area (Å²) < 4.78 is 18.1. The van der Waals surface area contributed by atoms with Crippen LogP contribution in [0.2, 0.25) is 0 Å². The molecule has 210 valence electrons. The van der Waals surface area contributed by atoms with Crippen LogP contribution in [0.1, 0.15) is 57.0 Å². The number of rotatable bonds is 2. The first kappa shape index (κ1) is 27.4. The minimum absolute atomic E-state index is 0.153. The maximum atomic E-state index is 13.3. The van der Waals surface area contributed by atoms with Crippen molar-refractivity contribution in [1.29, 1.82) is 0 Å². The van der Waals surface area contributed by atoms with Crippen LogP contribution in [-0.2, 0) is 22.6 Å². The molecule has 10 nitrogen and oxygen atoms in total. The zero-order chi connectivity index (χ0) is 28.4. The van der Waals surface area contributed by atoms with E-state index in [1.165, 1.54) is 4.90 Å². The van der Waals surface area contributed by atoms with Crippen LogP contribution >= 0.6 is 0 Å². The summed E-state index contributed by atoms with van der Waals surface area (Å²) in [7, 11) is 1.58. The van der Waals surface area contributed by atoms with Gasteiger partial charge in [0.1, 0.15) is 11.5 Å². The first-order valence-electron chi connectivity index (χ1n) is 13.5. The molecule has 0 spiro atoms. The topological polar surface area (TPSA) is 114 Å². The maximum Gasteiger partial charge on any atom is 0.291 e. The van der Waals surface area contributed by atoms with Gasteiger partial charge in [0, 0.05) is 32.1 Å². The van der Waals surface area contributed by atoms with E-state index in [-0.39, 0.29) is 42.7 Å². The molecule has 4 bridgehead atoms. The van der Waals surface area contributed by atoms with Gasteiger partial charge >= 0.3 is 0 Å². The fraction of sp³-hybridized carbons (Fsp3) is 0.400. The van der Waals surface area contributed by atoms with Gasteiger partial charge in [0.2, 0.25) is 11.7 Å². The van der Waals surface area contributed by atoms with Crippen LogP contribution in [-0.4, -0.2) is 71.3 Å². The van der Waals surface area contributed by atoms with Crippen molar-refractivity contribution in [2.24, 2.45) is 0 Å². The molecule has 1 N–H and O–H groups in total. The SMILES string of the molecule is CCc1nc(C)c(C(=O)N2CC[C@H]3OCc4cccc(c4)Oc4cc(ccc4C)C(=O)N(C)CC(=O)N[C@H]3C2)o1. The number of aromatic nitrogens is 1. The number of oxazole rings is 1. The highest BCUT2D eigenvalue weighted by Crippen LogP contribution is 2.28. The number of aryl methyl sites for hydroxylation is 3. The Labute approximate surface area is 233 Å². The minimum atomic E-state index is -0.485. The number of likely N-dealkylation sites (N-methyl/N-ethyl adjacent to an activating group) is 1. The van der Waals surface area contributed by atoms with Gasteiger partial charge in [-0.05, 0) is 55.7 Å². The molecular formula is C30H34N4O6. The van der Waals surface area contributed by atoms with Gasteiger partial charge in [-0.25, -0.2) is 4.98 Å². The number of ether oxygens (including phenoxy) is 2. The molecule has 1 aromatic heterocycles. The zero-order valence-corrected chi connectivity index (χ0v) is 23.2. The molecule has 3 aromatic rings. The van der Waals surface area contributed by atoms with E-state index in [0.717, 1.165) is 11.1 Å². The number of likely N-dealkylation sites (tertiary alicyclic amines) is 1. The lowest BCUT2D eigenvalue weighted by Crippen LogP contribution is -2.58. The number of carbonyl (C=O) groups is 3. The van der Waals surface area contributed by atoms with Crippen molar-refractivity contribution in [2.75, 3.05) is 26.7 Å². The first-order valence-corrected chi connectivity index (χ1v) is 13.5. The third kappa shape index (κ3) is 5.86. The number of carbonyl (C=O) groups excluding carboxylic acids is 3. The molecule has 2 aliphatic rings. The van der Waals surface area contributed by atoms with Gasteiger partial charge in [-0.1, -0.05) is 25.1 Å². The van der Waals surface area contributed by atoms with Crippen LogP contribution in [0.25, 0.3) is 0 Å². The van der Waals surface area contributed by atoms with Gasteiger partial charge in [-0.2, -0.15) is 0 Å². The van der Waals surface area contributed by atoms with Crippen LogP contribution in [0.3, 0.4) is 0 Å². The summed E-state index contributed by atoms with van der Waals surface area (Å²) in [6.45, 7) is 6.40. The molecule has 0 radical (unpaired) electrons. The van der Waals surface area contributed by atoms with Gasteiger partial charge < -0.3 is 29.0 Å². The number of benzene rings is 2. The number of nitrogens with one attached hydrogen (secondary N) is 1. The van der Waals surface area contributed by atoms with E-state index in [0.29, 0.717) is 54.6 Å². The lowest BCUT2D eigenvalue weighted by atomic mass is 10.0. The van der Waals surface area contributed by atoms with Crippen LogP contribution in [0, 0.1) is 13.8 Å². The summed E-state index contributed by atoms with van der Waals surface area (Å²) >= 11 is 0. The lowest BCUT2D eigenvalue weighted by molar-refractivity contribution is -0.124. The van der Waals surface area contributed by atoms with Gasteiger partial charge in [0.05, 0.1) is 31.0 Å². The molecule has 0 aliphatic carbocycles. The summed E-state index contributed by atoms with van der Waals surface area (Å²) in [5.74, 6) is 1.02. The molecule has 3 amide bonds. The Hall–Kier alpha value is -4.18. The summed E-state index contributed by atoms with van der Waals surface area (Å²) in [5, 5.41) is 3.02. The van der Waals surface area contributed by atoms with Gasteiger partial charge in [0.25, 0.3) is 11.8 Å². The molecule has 0 unspecified atom stereocenters. The number of nitrogens with zero attached hydrogens (tertiary/aromatic N) is 3. The third-order valence-electron chi connectivity index (χ3n) is 7.27. The van der Waals surface area contributed by atoms with Crippen molar-refractivity contribution in [3.63, 3.8) is 0 Å². The average molecular weight is 547 g/mol. The van der Waals surface area contributed by atoms with Crippen molar-refractivity contribution in [1.82, 2.24) is 20.1 Å². The van der Waals surface area contributed by atoms with Crippen LogP contribution in [0.4, 0.5) is 0 Å². The molecule has 0 saturated carbocycles. The highest BCUT2D eigenvalue weighted by Gasteiger charge is 2.35. The third-order valence-corrected chi connectivity index (χ3v) is 7.27. The highest BCUT2D eigenvalue weighted by molar-refractivity contribution is 5.97. The molecule has 2 atom stereocenters. The van der Waals surface area contributed by atoms with Crippen LogP contribution in [0.15, 0.2) is 46.9 Å². The Morgan fingerprint density at radius 1 is 1.15 bits per heavy atom. The highest BCUT2D eigenvalue weighted by atomic mass is 16.5. The average Bonchev–Trinajstić information content (AvgIpc) is 3.33. The van der Waals surface area contributed by atoms with Crippen molar-refractivity contribution < 1.29 is 28.3 Å². The van der Waals surface area contributed by atoms with E-state index in [4.69, 9.17) is 13.9 Å². The summed E-state index contributed by atoms with van der Waals surface area (Å²) in [6.07, 6.45) is 0.758. The van der Waals surface area contributed by atoms with Gasteiger partial charge in [-0.3, -0.25) is 14.4 Å². The van der Waals surface area contributed by atoms with Gasteiger partial charge in [0.15, 0.2) is 5.89 Å². The molecule has 2 aromatic carbocycles. The predicted octanol–water partition coefficient (Wildman–Crippen LogP) is 3.65. The maximum absolute atomic E-state index is 13.3. The standard InChI is InChI=1S/C30H34N4O6/c1-5-27-31-19(3)28(40-27)30(37)34-12-11-24-23(15-34)32-26(35)16-33(4)29(36)21-10-9-18(2)25(14-21)39-22-8-6-7-20(13-22)17-38-24/h6-10,13-14,23-24H,5,11-12,15-17H2,1-4H3,(H,32,35)/t23-,24+/m0/s1.